The van der Waals surface area contributed by atoms with E-state index in [9.17, 15) is 9.59 Å². The number of carbonyl (C=O) groups excluding carboxylic acids is 1. The largest absolute Gasteiger partial charge is 0.496 e. The molecule has 8 heteroatoms. The van der Waals surface area contributed by atoms with Crippen LogP contribution in [0.5, 0.6) is 5.75 Å². The summed E-state index contributed by atoms with van der Waals surface area (Å²) in [6.07, 6.45) is 0. The van der Waals surface area contributed by atoms with Gasteiger partial charge in [-0.3, -0.25) is 4.79 Å². The Hall–Kier alpha value is -2.87. The normalized spacial score (nSPS) is 10.9. The van der Waals surface area contributed by atoms with Crippen molar-refractivity contribution in [3.63, 3.8) is 0 Å². The lowest BCUT2D eigenvalue weighted by Gasteiger charge is -2.19. The molecular weight excluding hydrogens is 356 g/mol. The summed E-state index contributed by atoms with van der Waals surface area (Å²) in [5.41, 5.74) is 0.638. The van der Waals surface area contributed by atoms with Crippen molar-refractivity contribution in [2.45, 2.75) is 20.8 Å². The molecule has 1 heterocycles. The number of hydrogen-bond acceptors (Lipinski definition) is 5. The van der Waals surface area contributed by atoms with E-state index in [0.29, 0.717) is 22.8 Å². The lowest BCUT2D eigenvalue weighted by molar-refractivity contribution is -0.126. The monoisotopic (exact) mass is 376 g/mol. The van der Waals surface area contributed by atoms with Gasteiger partial charge in [0.05, 0.1) is 12.7 Å². The molecule has 0 saturated heterocycles. The van der Waals surface area contributed by atoms with Gasteiger partial charge in [0.25, 0.3) is 0 Å². The van der Waals surface area contributed by atoms with Crippen LogP contribution in [0.3, 0.4) is 0 Å². The van der Waals surface area contributed by atoms with Crippen LogP contribution in [0.2, 0.25) is 0 Å². The first-order chi connectivity index (χ1) is 12.1. The molecule has 0 aliphatic rings. The van der Waals surface area contributed by atoms with E-state index in [-0.39, 0.29) is 16.8 Å². The van der Waals surface area contributed by atoms with Crippen molar-refractivity contribution < 1.29 is 23.8 Å². The maximum absolute atomic E-state index is 12.0. The van der Waals surface area contributed by atoms with Crippen LogP contribution in [0.1, 0.15) is 31.3 Å². The number of carbonyl (C=O) groups is 2. The highest BCUT2D eigenvalue weighted by molar-refractivity contribution is 7.80. The number of thiocarbonyl (C=S) groups is 1. The van der Waals surface area contributed by atoms with Crippen LogP contribution in [0.4, 0.5) is 5.69 Å². The highest BCUT2D eigenvalue weighted by Gasteiger charge is 2.22. The van der Waals surface area contributed by atoms with E-state index < -0.39 is 11.4 Å². The molecule has 1 amide bonds. The average molecular weight is 376 g/mol. The van der Waals surface area contributed by atoms with Crippen LogP contribution in [-0.4, -0.2) is 29.2 Å². The molecule has 2 rings (SSSR count). The van der Waals surface area contributed by atoms with Crippen molar-refractivity contribution in [1.82, 2.24) is 5.32 Å². The van der Waals surface area contributed by atoms with Gasteiger partial charge in [0, 0.05) is 17.2 Å². The van der Waals surface area contributed by atoms with Crippen molar-refractivity contribution in [1.29, 1.82) is 0 Å². The van der Waals surface area contributed by atoms with Gasteiger partial charge in [0.15, 0.2) is 5.11 Å². The minimum absolute atomic E-state index is 0.157. The summed E-state index contributed by atoms with van der Waals surface area (Å²) in [6.45, 7) is 5.37. The fourth-order valence-electron chi connectivity index (χ4n) is 2.02. The number of ether oxygens (including phenoxy) is 1. The predicted octanol–water partition coefficient (Wildman–Crippen LogP) is 3.51. The van der Waals surface area contributed by atoms with Gasteiger partial charge in [-0.05, 0) is 36.5 Å². The molecule has 1 aromatic carbocycles. The molecule has 3 N–H and O–H groups in total. The average Bonchev–Trinajstić information content (AvgIpc) is 3.03. The molecule has 0 aliphatic carbocycles. The summed E-state index contributed by atoms with van der Waals surface area (Å²) in [4.78, 5) is 22.9. The Balaban J connectivity index is 2.19. The number of amides is 1. The fourth-order valence-corrected chi connectivity index (χ4v) is 2.23. The number of carboxylic acid groups (broad SMARTS) is 1. The van der Waals surface area contributed by atoms with Gasteiger partial charge in [0.2, 0.25) is 11.7 Å². The van der Waals surface area contributed by atoms with E-state index in [1.165, 1.54) is 13.2 Å². The molecule has 0 unspecified atom stereocenters. The van der Waals surface area contributed by atoms with Crippen LogP contribution < -0.4 is 15.4 Å². The number of nitrogens with one attached hydrogen (secondary N) is 2. The third-order valence-electron chi connectivity index (χ3n) is 3.45. The molecule has 0 saturated carbocycles. The zero-order valence-electron chi connectivity index (χ0n) is 14.9. The first kappa shape index (κ1) is 19.5. The van der Waals surface area contributed by atoms with Gasteiger partial charge in [-0.25, -0.2) is 4.79 Å². The highest BCUT2D eigenvalue weighted by atomic mass is 32.1. The summed E-state index contributed by atoms with van der Waals surface area (Å²) in [7, 11) is 1.49. The topological polar surface area (TPSA) is 101 Å². The van der Waals surface area contributed by atoms with Crippen LogP contribution in [0.25, 0.3) is 11.3 Å². The molecule has 1 aromatic heterocycles. The second-order valence-electron chi connectivity index (χ2n) is 6.54. The third kappa shape index (κ3) is 4.60. The molecule has 0 spiro atoms. The number of methoxy groups -OCH3 is 1. The fraction of sp³-hybridized carbons (Fsp3) is 0.278. The number of aromatic carboxylic acids is 1. The van der Waals surface area contributed by atoms with Gasteiger partial charge in [-0.2, -0.15) is 0 Å². The molecule has 0 bridgehead atoms. The van der Waals surface area contributed by atoms with Crippen molar-refractivity contribution in [3.8, 4) is 17.1 Å². The zero-order chi connectivity index (χ0) is 19.5. The first-order valence-electron chi connectivity index (χ1n) is 7.76. The second-order valence-corrected chi connectivity index (χ2v) is 6.95. The Morgan fingerprint density at radius 1 is 1.19 bits per heavy atom. The Morgan fingerprint density at radius 2 is 1.88 bits per heavy atom. The zero-order valence-corrected chi connectivity index (χ0v) is 15.7. The van der Waals surface area contributed by atoms with Crippen LogP contribution in [0.15, 0.2) is 34.7 Å². The molecule has 26 heavy (non-hydrogen) atoms. The van der Waals surface area contributed by atoms with Crippen LogP contribution >= 0.6 is 12.2 Å². The molecular formula is C18H20N2O5S. The first-order valence-corrected chi connectivity index (χ1v) is 8.16. The van der Waals surface area contributed by atoms with E-state index in [0.717, 1.165) is 0 Å². The summed E-state index contributed by atoms with van der Waals surface area (Å²) >= 11 is 5.15. The number of anilines is 1. The van der Waals surface area contributed by atoms with Crippen molar-refractivity contribution >= 4 is 34.9 Å². The van der Waals surface area contributed by atoms with E-state index in [1.54, 1.807) is 45.0 Å². The van der Waals surface area contributed by atoms with Gasteiger partial charge in [-0.1, -0.05) is 20.8 Å². The lowest BCUT2D eigenvalue weighted by Crippen LogP contribution is -2.41. The molecule has 0 atom stereocenters. The predicted molar refractivity (Wildman–Crippen MR) is 101 cm³/mol. The van der Waals surface area contributed by atoms with Gasteiger partial charge >= 0.3 is 5.97 Å². The Labute approximate surface area is 156 Å². The van der Waals surface area contributed by atoms with Gasteiger partial charge in [0.1, 0.15) is 11.5 Å². The SMILES string of the molecule is COc1cc(NC(=S)NC(=O)C(C)(C)C)ccc1-c1ccc(C(=O)O)o1. The van der Waals surface area contributed by atoms with E-state index in [2.05, 4.69) is 10.6 Å². The number of benzene rings is 1. The van der Waals surface area contributed by atoms with Crippen LogP contribution in [-0.2, 0) is 4.79 Å². The summed E-state index contributed by atoms with van der Waals surface area (Å²) in [5.74, 6) is -0.667. The number of furan rings is 1. The van der Waals surface area contributed by atoms with Gasteiger partial charge < -0.3 is 24.9 Å². The Bertz CT molecular complexity index is 852. The van der Waals surface area contributed by atoms with Crippen LogP contribution in [0, 0.1) is 5.41 Å². The Morgan fingerprint density at radius 3 is 2.42 bits per heavy atom. The number of carboxylic acids is 1. The molecule has 138 valence electrons. The maximum Gasteiger partial charge on any atom is 0.371 e. The summed E-state index contributed by atoms with van der Waals surface area (Å²) in [5, 5.41) is 14.7. The second kappa shape index (κ2) is 7.57. The molecule has 2 aromatic rings. The van der Waals surface area contributed by atoms with Crippen molar-refractivity contribution in [3.05, 3.63) is 36.1 Å². The minimum atomic E-state index is -1.14. The molecule has 0 fully saturated rings. The van der Waals surface area contributed by atoms with Crippen molar-refractivity contribution in [2.75, 3.05) is 12.4 Å². The quantitative estimate of drug-likeness (QED) is 0.702. The molecule has 0 radical (unpaired) electrons. The van der Waals surface area contributed by atoms with Crippen molar-refractivity contribution in [2.24, 2.45) is 5.41 Å². The maximum atomic E-state index is 12.0. The van der Waals surface area contributed by atoms with E-state index in [4.69, 9.17) is 26.5 Å². The number of hydrogen-bond donors (Lipinski definition) is 3. The summed E-state index contributed by atoms with van der Waals surface area (Å²) in [6, 6.07) is 8.03. The lowest BCUT2D eigenvalue weighted by atomic mass is 9.96. The van der Waals surface area contributed by atoms with E-state index in [1.807, 2.05) is 0 Å². The van der Waals surface area contributed by atoms with Gasteiger partial charge in [-0.15, -0.1) is 0 Å². The highest BCUT2D eigenvalue weighted by Crippen LogP contribution is 2.33. The minimum Gasteiger partial charge on any atom is -0.496 e. The molecule has 7 nitrogen and oxygen atoms in total. The standard InChI is InChI=1S/C18H20N2O5S/c1-18(2,3)16(23)20-17(26)19-10-5-6-11(14(9-10)24-4)12-7-8-13(25-12)15(21)22/h5-9H,1-4H3,(H,21,22)(H2,19,20,23,26). The number of rotatable bonds is 4. The Kier molecular flexibility index (Phi) is 5.66. The summed E-state index contributed by atoms with van der Waals surface area (Å²) < 4.78 is 10.7. The smallest absolute Gasteiger partial charge is 0.371 e. The molecule has 0 aliphatic heterocycles. The third-order valence-corrected chi connectivity index (χ3v) is 3.65. The van der Waals surface area contributed by atoms with E-state index >= 15 is 0 Å².